The molecule has 0 radical (unpaired) electrons. The Morgan fingerprint density at radius 2 is 1.65 bits per heavy atom. The van der Waals surface area contributed by atoms with Crippen LogP contribution in [0.15, 0.2) is 79.6 Å². The third-order valence-electron chi connectivity index (χ3n) is 3.80. The van der Waals surface area contributed by atoms with Gasteiger partial charge in [0.25, 0.3) is 5.91 Å². The molecule has 0 atom stereocenters. The van der Waals surface area contributed by atoms with Gasteiger partial charge in [-0.05, 0) is 23.3 Å². The largest absolute Gasteiger partial charge is 0.306 e. The van der Waals surface area contributed by atoms with Crippen molar-refractivity contribution < 1.29 is 4.79 Å². The molecule has 0 aliphatic carbocycles. The monoisotopic (exact) mass is 342 g/mol. The lowest BCUT2D eigenvalue weighted by Gasteiger charge is -2.07. The van der Waals surface area contributed by atoms with E-state index in [1.165, 1.54) is 23.7 Å². The summed E-state index contributed by atoms with van der Waals surface area (Å²) in [7, 11) is 0. The molecule has 7 heteroatoms. The summed E-state index contributed by atoms with van der Waals surface area (Å²) in [6.45, 7) is 0. The van der Waals surface area contributed by atoms with Gasteiger partial charge in [0.2, 0.25) is 0 Å². The fourth-order valence-corrected chi connectivity index (χ4v) is 2.50. The molecule has 0 bridgehead atoms. The molecule has 1 N–H and O–H groups in total. The van der Waals surface area contributed by atoms with Crippen LogP contribution in [-0.4, -0.2) is 30.6 Å². The maximum Gasteiger partial charge on any atom is 0.256 e. The highest BCUT2D eigenvalue weighted by Crippen LogP contribution is 2.19. The van der Waals surface area contributed by atoms with Gasteiger partial charge in [-0.1, -0.05) is 42.5 Å². The van der Waals surface area contributed by atoms with E-state index in [0.29, 0.717) is 17.2 Å². The molecule has 26 heavy (non-hydrogen) atoms. The summed E-state index contributed by atoms with van der Waals surface area (Å²) in [6.07, 6.45) is 4.30. The average Bonchev–Trinajstić information content (AvgIpc) is 3.24. The summed E-state index contributed by atoms with van der Waals surface area (Å²) in [5.74, 6) is 0.669. The highest BCUT2D eigenvalue weighted by Gasteiger charge is 2.09. The molecule has 0 aliphatic heterocycles. The molecule has 0 saturated carbocycles. The molecular weight excluding hydrogens is 328 g/mol. The number of hydrogen-bond donors (Lipinski definition) is 1. The Bertz CT molecular complexity index is 1010. The molecule has 126 valence electrons. The predicted octanol–water partition coefficient (Wildman–Crippen LogP) is 2.98. The highest BCUT2D eigenvalue weighted by atomic mass is 16.1. The highest BCUT2D eigenvalue weighted by molar-refractivity contribution is 6.04. The molecule has 1 amide bonds. The fraction of sp³-hybridized carbons (Fsp3) is 0. The van der Waals surface area contributed by atoms with Crippen molar-refractivity contribution in [3.63, 3.8) is 0 Å². The number of aromatic nitrogens is 5. The van der Waals surface area contributed by atoms with Gasteiger partial charge in [-0.3, -0.25) is 4.79 Å². The van der Waals surface area contributed by atoms with Crippen molar-refractivity contribution in [2.45, 2.75) is 0 Å². The van der Waals surface area contributed by atoms with Crippen LogP contribution in [0.1, 0.15) is 10.4 Å². The molecule has 0 aliphatic rings. The first kappa shape index (κ1) is 15.6. The first-order chi connectivity index (χ1) is 12.8. The SMILES string of the molecule is O=C(Nc1cc(-n2cncn2)ncn1)c1ccc(-c2ccccc2)cc1. The minimum Gasteiger partial charge on any atom is -0.306 e. The van der Waals surface area contributed by atoms with Crippen molar-refractivity contribution in [3.05, 3.63) is 85.2 Å². The number of nitrogens with one attached hydrogen (secondary N) is 1. The van der Waals surface area contributed by atoms with Crippen LogP contribution >= 0.6 is 0 Å². The Labute approximate surface area is 149 Å². The zero-order valence-corrected chi connectivity index (χ0v) is 13.6. The number of anilines is 1. The van der Waals surface area contributed by atoms with Crippen molar-refractivity contribution in [3.8, 4) is 16.9 Å². The smallest absolute Gasteiger partial charge is 0.256 e. The summed E-state index contributed by atoms with van der Waals surface area (Å²) in [5, 5.41) is 6.77. The second kappa shape index (κ2) is 6.94. The number of carbonyl (C=O) groups is 1. The van der Waals surface area contributed by atoms with Crippen LogP contribution in [0.25, 0.3) is 16.9 Å². The average molecular weight is 342 g/mol. The Morgan fingerprint density at radius 1 is 0.885 bits per heavy atom. The van der Waals surface area contributed by atoms with Gasteiger partial charge in [-0.15, -0.1) is 0 Å². The minimum absolute atomic E-state index is 0.243. The van der Waals surface area contributed by atoms with Gasteiger partial charge in [0.15, 0.2) is 5.82 Å². The fourth-order valence-electron chi connectivity index (χ4n) is 2.50. The standard InChI is InChI=1S/C19H14N6O/c26-19(16-8-6-15(7-9-16)14-4-2-1-3-5-14)24-17-10-18(22-12-21-17)25-13-20-11-23-25/h1-13H,(H,21,22,24,26). The number of amides is 1. The van der Waals surface area contributed by atoms with E-state index in [0.717, 1.165) is 11.1 Å². The lowest BCUT2D eigenvalue weighted by Crippen LogP contribution is -2.13. The van der Waals surface area contributed by atoms with Gasteiger partial charge in [0.1, 0.15) is 24.8 Å². The number of carbonyl (C=O) groups excluding carboxylic acids is 1. The van der Waals surface area contributed by atoms with Crippen molar-refractivity contribution >= 4 is 11.7 Å². The van der Waals surface area contributed by atoms with Crippen LogP contribution < -0.4 is 5.32 Å². The third-order valence-corrected chi connectivity index (χ3v) is 3.80. The van der Waals surface area contributed by atoms with E-state index in [1.807, 2.05) is 42.5 Å². The van der Waals surface area contributed by atoms with Crippen LogP contribution in [0.3, 0.4) is 0 Å². The molecule has 0 spiro atoms. The van der Waals surface area contributed by atoms with Crippen molar-refractivity contribution in [1.29, 1.82) is 0 Å². The summed E-state index contributed by atoms with van der Waals surface area (Å²) < 4.78 is 1.49. The lowest BCUT2D eigenvalue weighted by atomic mass is 10.0. The van der Waals surface area contributed by atoms with E-state index < -0.39 is 0 Å². The first-order valence-electron chi connectivity index (χ1n) is 7.93. The predicted molar refractivity (Wildman–Crippen MR) is 96.8 cm³/mol. The first-order valence-corrected chi connectivity index (χ1v) is 7.93. The normalized spacial score (nSPS) is 10.5. The Morgan fingerprint density at radius 3 is 2.38 bits per heavy atom. The number of nitrogens with zero attached hydrogens (tertiary/aromatic N) is 5. The van der Waals surface area contributed by atoms with E-state index in [2.05, 4.69) is 25.4 Å². The van der Waals surface area contributed by atoms with Crippen molar-refractivity contribution in [2.75, 3.05) is 5.32 Å². The molecule has 0 unspecified atom stereocenters. The molecule has 7 nitrogen and oxygen atoms in total. The quantitative estimate of drug-likeness (QED) is 0.616. The van der Waals surface area contributed by atoms with Crippen LogP contribution in [0.4, 0.5) is 5.82 Å². The Kier molecular flexibility index (Phi) is 4.17. The summed E-state index contributed by atoms with van der Waals surface area (Å²) in [4.78, 5) is 24.5. The lowest BCUT2D eigenvalue weighted by molar-refractivity contribution is 0.102. The molecule has 2 heterocycles. The van der Waals surface area contributed by atoms with Crippen LogP contribution in [0.5, 0.6) is 0 Å². The second-order valence-corrected chi connectivity index (χ2v) is 5.50. The molecule has 4 rings (SSSR count). The van der Waals surface area contributed by atoms with Crippen molar-refractivity contribution in [1.82, 2.24) is 24.7 Å². The summed E-state index contributed by atoms with van der Waals surface area (Å²) in [6, 6.07) is 19.1. The molecule has 0 saturated heterocycles. The van der Waals surface area contributed by atoms with Crippen LogP contribution in [0, 0.1) is 0 Å². The summed E-state index contributed by atoms with van der Waals surface area (Å²) >= 11 is 0. The van der Waals surface area contributed by atoms with E-state index >= 15 is 0 Å². The van der Waals surface area contributed by atoms with Gasteiger partial charge < -0.3 is 5.32 Å². The molecular formula is C19H14N6O. The van der Waals surface area contributed by atoms with E-state index in [9.17, 15) is 4.79 Å². The maximum atomic E-state index is 12.5. The van der Waals surface area contributed by atoms with Crippen molar-refractivity contribution in [2.24, 2.45) is 0 Å². The minimum atomic E-state index is -0.243. The second-order valence-electron chi connectivity index (χ2n) is 5.50. The van der Waals surface area contributed by atoms with E-state index in [4.69, 9.17) is 0 Å². The molecule has 2 aromatic carbocycles. The Hall–Kier alpha value is -3.87. The molecule has 0 fully saturated rings. The van der Waals surface area contributed by atoms with Gasteiger partial charge >= 0.3 is 0 Å². The third kappa shape index (κ3) is 3.32. The number of hydrogen-bond acceptors (Lipinski definition) is 5. The maximum absolute atomic E-state index is 12.5. The zero-order valence-electron chi connectivity index (χ0n) is 13.6. The summed E-state index contributed by atoms with van der Waals surface area (Å²) in [5.41, 5.74) is 2.70. The van der Waals surface area contributed by atoms with Gasteiger partial charge in [-0.25, -0.2) is 19.6 Å². The Balaban J connectivity index is 1.51. The van der Waals surface area contributed by atoms with Gasteiger partial charge in [-0.2, -0.15) is 5.10 Å². The molecule has 4 aromatic rings. The van der Waals surface area contributed by atoms with Gasteiger partial charge in [0.05, 0.1) is 0 Å². The van der Waals surface area contributed by atoms with E-state index in [1.54, 1.807) is 18.2 Å². The van der Waals surface area contributed by atoms with E-state index in [-0.39, 0.29) is 5.91 Å². The van der Waals surface area contributed by atoms with Gasteiger partial charge in [0, 0.05) is 11.6 Å². The zero-order chi connectivity index (χ0) is 17.8. The number of benzene rings is 2. The topological polar surface area (TPSA) is 85.6 Å². The molecule has 2 aromatic heterocycles. The number of rotatable bonds is 4. The van der Waals surface area contributed by atoms with Crippen LogP contribution in [0.2, 0.25) is 0 Å². The van der Waals surface area contributed by atoms with Crippen LogP contribution in [-0.2, 0) is 0 Å².